The lowest BCUT2D eigenvalue weighted by Gasteiger charge is -2.40. The molecule has 2 aliphatic heterocycles. The number of rotatable bonds is 2. The standard InChI is InChI=1S/C21H25ClN2O/c1-23-8-9-24-14-19(15-6-4-3-5-7-15)18-12-21(25-2)20(22)11-16(18)10-17(24)13-23/h3-7,11-12,17,19H,8-10,13-14H2,1-2H3. The first-order valence-electron chi connectivity index (χ1n) is 8.99. The Morgan fingerprint density at radius 1 is 1.08 bits per heavy atom. The van der Waals surface area contributed by atoms with Gasteiger partial charge in [-0.25, -0.2) is 0 Å². The van der Waals surface area contributed by atoms with Crippen molar-refractivity contribution in [2.75, 3.05) is 40.3 Å². The fourth-order valence-corrected chi connectivity index (χ4v) is 4.57. The summed E-state index contributed by atoms with van der Waals surface area (Å²) in [6.45, 7) is 4.44. The molecule has 2 atom stereocenters. The van der Waals surface area contributed by atoms with Gasteiger partial charge in [-0.05, 0) is 42.3 Å². The molecule has 2 aromatic rings. The predicted octanol–water partition coefficient (Wildman–Crippen LogP) is 3.65. The van der Waals surface area contributed by atoms with Crippen LogP contribution in [0.4, 0.5) is 0 Å². The highest BCUT2D eigenvalue weighted by Crippen LogP contribution is 2.39. The molecule has 2 heterocycles. The number of piperazine rings is 1. The molecule has 4 heteroatoms. The predicted molar refractivity (Wildman–Crippen MR) is 103 cm³/mol. The van der Waals surface area contributed by atoms with Crippen molar-refractivity contribution in [1.29, 1.82) is 0 Å². The average molecular weight is 357 g/mol. The van der Waals surface area contributed by atoms with Crippen molar-refractivity contribution in [2.24, 2.45) is 0 Å². The molecule has 4 rings (SSSR count). The van der Waals surface area contributed by atoms with Crippen LogP contribution < -0.4 is 4.74 Å². The highest BCUT2D eigenvalue weighted by atomic mass is 35.5. The van der Waals surface area contributed by atoms with Gasteiger partial charge in [0.15, 0.2) is 0 Å². The topological polar surface area (TPSA) is 15.7 Å². The molecular weight excluding hydrogens is 332 g/mol. The summed E-state index contributed by atoms with van der Waals surface area (Å²) in [5.41, 5.74) is 4.10. The second-order valence-corrected chi connectivity index (χ2v) is 7.67. The van der Waals surface area contributed by atoms with Gasteiger partial charge < -0.3 is 9.64 Å². The van der Waals surface area contributed by atoms with Crippen molar-refractivity contribution in [2.45, 2.75) is 18.4 Å². The summed E-state index contributed by atoms with van der Waals surface area (Å²) in [4.78, 5) is 5.10. The maximum atomic E-state index is 6.46. The molecule has 0 radical (unpaired) electrons. The van der Waals surface area contributed by atoms with E-state index in [2.05, 4.69) is 59.3 Å². The van der Waals surface area contributed by atoms with E-state index in [0.29, 0.717) is 17.0 Å². The minimum Gasteiger partial charge on any atom is -0.495 e. The van der Waals surface area contributed by atoms with Crippen molar-refractivity contribution in [3.63, 3.8) is 0 Å². The van der Waals surface area contributed by atoms with Crippen LogP contribution in [0.15, 0.2) is 42.5 Å². The number of hydrogen-bond acceptors (Lipinski definition) is 3. The largest absolute Gasteiger partial charge is 0.495 e. The van der Waals surface area contributed by atoms with Crippen LogP contribution in [0.5, 0.6) is 5.75 Å². The van der Waals surface area contributed by atoms with Gasteiger partial charge >= 0.3 is 0 Å². The van der Waals surface area contributed by atoms with E-state index in [-0.39, 0.29) is 0 Å². The van der Waals surface area contributed by atoms with Gasteiger partial charge in [-0.1, -0.05) is 41.9 Å². The van der Waals surface area contributed by atoms with Gasteiger partial charge in [-0.2, -0.15) is 0 Å². The number of nitrogens with zero attached hydrogens (tertiary/aromatic N) is 2. The Hall–Kier alpha value is -1.55. The van der Waals surface area contributed by atoms with E-state index in [1.807, 2.05) is 0 Å². The first-order chi connectivity index (χ1) is 12.2. The zero-order chi connectivity index (χ0) is 17.4. The van der Waals surface area contributed by atoms with Crippen molar-refractivity contribution in [3.8, 4) is 5.75 Å². The Balaban J connectivity index is 1.81. The molecule has 132 valence electrons. The number of hydrogen-bond donors (Lipinski definition) is 0. The molecule has 0 aromatic heterocycles. The minimum absolute atomic E-state index is 0.357. The summed E-state index contributed by atoms with van der Waals surface area (Å²) in [6.07, 6.45) is 1.05. The summed E-state index contributed by atoms with van der Waals surface area (Å²) in [5.74, 6) is 1.13. The Bertz CT molecular complexity index is 749. The molecule has 0 N–H and O–H groups in total. The number of likely N-dealkylation sites (N-methyl/N-ethyl adjacent to an activating group) is 1. The van der Waals surface area contributed by atoms with Crippen molar-refractivity contribution in [1.82, 2.24) is 9.80 Å². The number of ether oxygens (including phenoxy) is 1. The van der Waals surface area contributed by atoms with Crippen LogP contribution >= 0.6 is 11.6 Å². The van der Waals surface area contributed by atoms with E-state index in [9.17, 15) is 0 Å². The number of halogens is 1. The Kier molecular flexibility index (Phi) is 4.72. The number of fused-ring (bicyclic) bond motifs is 2. The normalized spacial score (nSPS) is 24.3. The molecule has 2 aliphatic rings. The van der Waals surface area contributed by atoms with E-state index in [1.165, 1.54) is 16.7 Å². The maximum absolute atomic E-state index is 6.46. The SMILES string of the molecule is COc1cc2c(cc1Cl)CC1CN(C)CCN1CC2c1ccccc1. The van der Waals surface area contributed by atoms with Crippen LogP contribution in [0, 0.1) is 0 Å². The molecule has 0 bridgehead atoms. The second-order valence-electron chi connectivity index (χ2n) is 7.26. The molecule has 25 heavy (non-hydrogen) atoms. The van der Waals surface area contributed by atoms with Crippen molar-refractivity contribution in [3.05, 3.63) is 64.2 Å². The molecule has 3 nitrogen and oxygen atoms in total. The zero-order valence-electron chi connectivity index (χ0n) is 14.9. The summed E-state index contributed by atoms with van der Waals surface area (Å²) in [7, 11) is 3.92. The molecule has 0 aliphatic carbocycles. The lowest BCUT2D eigenvalue weighted by atomic mass is 9.87. The van der Waals surface area contributed by atoms with E-state index in [1.54, 1.807) is 7.11 Å². The van der Waals surface area contributed by atoms with Crippen molar-refractivity contribution < 1.29 is 4.74 Å². The van der Waals surface area contributed by atoms with Crippen LogP contribution in [-0.2, 0) is 6.42 Å². The summed E-state index contributed by atoms with van der Waals surface area (Å²) < 4.78 is 5.52. The minimum atomic E-state index is 0.357. The molecule has 2 unspecified atom stereocenters. The molecule has 1 saturated heterocycles. The van der Waals surface area contributed by atoms with E-state index in [0.717, 1.165) is 38.3 Å². The summed E-state index contributed by atoms with van der Waals surface area (Å²) in [6, 6.07) is 15.7. The molecule has 0 spiro atoms. The van der Waals surface area contributed by atoms with Gasteiger partial charge in [0.25, 0.3) is 0 Å². The third-order valence-electron chi connectivity index (χ3n) is 5.67. The van der Waals surface area contributed by atoms with Gasteiger partial charge in [0.05, 0.1) is 12.1 Å². The number of benzene rings is 2. The lowest BCUT2D eigenvalue weighted by molar-refractivity contribution is 0.0913. The smallest absolute Gasteiger partial charge is 0.137 e. The summed E-state index contributed by atoms with van der Waals surface area (Å²) >= 11 is 6.46. The van der Waals surface area contributed by atoms with Gasteiger partial charge in [0, 0.05) is 38.1 Å². The Morgan fingerprint density at radius 3 is 2.64 bits per heavy atom. The van der Waals surface area contributed by atoms with Crippen LogP contribution in [0.2, 0.25) is 5.02 Å². The van der Waals surface area contributed by atoms with Gasteiger partial charge in [-0.3, -0.25) is 4.90 Å². The van der Waals surface area contributed by atoms with Crippen LogP contribution in [0.1, 0.15) is 22.6 Å². The fraction of sp³-hybridized carbons (Fsp3) is 0.429. The lowest BCUT2D eigenvalue weighted by Crippen LogP contribution is -2.52. The molecule has 1 fully saturated rings. The van der Waals surface area contributed by atoms with Gasteiger partial charge in [0.2, 0.25) is 0 Å². The van der Waals surface area contributed by atoms with Crippen LogP contribution in [0.3, 0.4) is 0 Å². The first-order valence-corrected chi connectivity index (χ1v) is 9.37. The molecule has 0 saturated carbocycles. The highest BCUT2D eigenvalue weighted by Gasteiger charge is 2.33. The zero-order valence-corrected chi connectivity index (χ0v) is 15.7. The van der Waals surface area contributed by atoms with Crippen molar-refractivity contribution >= 4 is 11.6 Å². The first kappa shape index (κ1) is 16.9. The molecule has 0 amide bonds. The fourth-order valence-electron chi connectivity index (χ4n) is 4.31. The highest BCUT2D eigenvalue weighted by molar-refractivity contribution is 6.32. The third-order valence-corrected chi connectivity index (χ3v) is 5.97. The summed E-state index contributed by atoms with van der Waals surface area (Å²) in [5, 5.41) is 0.714. The maximum Gasteiger partial charge on any atom is 0.137 e. The van der Waals surface area contributed by atoms with E-state index >= 15 is 0 Å². The Morgan fingerprint density at radius 2 is 1.88 bits per heavy atom. The van der Waals surface area contributed by atoms with Crippen LogP contribution in [-0.4, -0.2) is 56.2 Å². The van der Waals surface area contributed by atoms with Gasteiger partial charge in [0.1, 0.15) is 5.75 Å². The number of methoxy groups -OCH3 is 1. The van der Waals surface area contributed by atoms with E-state index < -0.39 is 0 Å². The Labute approximate surface area is 155 Å². The second kappa shape index (κ2) is 6.99. The average Bonchev–Trinajstić information content (AvgIpc) is 2.77. The van der Waals surface area contributed by atoms with E-state index in [4.69, 9.17) is 16.3 Å². The monoisotopic (exact) mass is 356 g/mol. The molecule has 2 aromatic carbocycles. The van der Waals surface area contributed by atoms with Crippen LogP contribution in [0.25, 0.3) is 0 Å². The molecular formula is C21H25ClN2O. The van der Waals surface area contributed by atoms with Gasteiger partial charge in [-0.15, -0.1) is 0 Å². The third kappa shape index (κ3) is 3.29. The quantitative estimate of drug-likeness (QED) is 0.816.